The van der Waals surface area contributed by atoms with Crippen molar-refractivity contribution in [2.75, 3.05) is 5.01 Å². The molecule has 10 nitrogen and oxygen atoms in total. The number of hydrogen-bond acceptors (Lipinski definition) is 5. The monoisotopic (exact) mass is 470 g/mol. The lowest BCUT2D eigenvalue weighted by atomic mass is 10.1. The van der Waals surface area contributed by atoms with E-state index in [0.29, 0.717) is 11.4 Å². The zero-order valence-corrected chi connectivity index (χ0v) is 18.0. The van der Waals surface area contributed by atoms with Gasteiger partial charge in [0.05, 0.1) is 22.5 Å². The van der Waals surface area contributed by atoms with Gasteiger partial charge in [0, 0.05) is 0 Å². The first kappa shape index (κ1) is 22.9. The largest absolute Gasteiger partial charge is 0.477 e. The minimum absolute atomic E-state index is 0.0707. The molecule has 0 saturated heterocycles. The molecule has 0 radical (unpaired) electrons. The lowest BCUT2D eigenvalue weighted by Gasteiger charge is -2.10. The molecule has 4 rings (SSSR count). The maximum Gasteiger partial charge on any atom is 0.357 e. The first-order valence-electron chi connectivity index (χ1n) is 10.3. The third-order valence-corrected chi connectivity index (χ3v) is 4.98. The van der Waals surface area contributed by atoms with Crippen LogP contribution in [0.4, 0.5) is 5.69 Å². The molecule has 10 heteroatoms. The van der Waals surface area contributed by atoms with Gasteiger partial charge in [-0.15, -0.1) is 0 Å². The molecule has 35 heavy (non-hydrogen) atoms. The summed E-state index contributed by atoms with van der Waals surface area (Å²) in [4.78, 5) is 48.7. The van der Waals surface area contributed by atoms with Gasteiger partial charge < -0.3 is 10.2 Å². The van der Waals surface area contributed by atoms with Gasteiger partial charge in [0.1, 0.15) is 0 Å². The molecule has 0 spiro atoms. The van der Waals surface area contributed by atoms with E-state index in [0.717, 1.165) is 9.69 Å². The molecule has 3 N–H and O–H groups in total. The summed E-state index contributed by atoms with van der Waals surface area (Å²) in [5.74, 6) is -3.26. The van der Waals surface area contributed by atoms with Crippen LogP contribution < -0.4 is 10.6 Å². The molecular weight excluding hydrogens is 452 g/mol. The molecule has 0 fully saturated rings. The number of benzene rings is 2. The summed E-state index contributed by atoms with van der Waals surface area (Å²) in [5, 5.41) is 26.4. The van der Waals surface area contributed by atoms with Crippen molar-refractivity contribution in [2.24, 2.45) is 5.10 Å². The van der Waals surface area contributed by atoms with Crippen LogP contribution in [0.3, 0.4) is 0 Å². The van der Waals surface area contributed by atoms with Crippen molar-refractivity contribution in [3.05, 3.63) is 112 Å². The van der Waals surface area contributed by atoms with Gasteiger partial charge in [-0.2, -0.15) is 10.1 Å². The van der Waals surface area contributed by atoms with Crippen LogP contribution in [0.1, 0.15) is 16.1 Å². The predicted octanol–water partition coefficient (Wildman–Crippen LogP) is 2.85. The molecule has 0 saturated carbocycles. The number of aromatic amines is 1. The molecule has 0 atom stereocenters. The second-order valence-corrected chi connectivity index (χ2v) is 7.21. The van der Waals surface area contributed by atoms with Crippen molar-refractivity contribution >= 4 is 35.3 Å². The molecule has 174 valence electrons. The number of para-hydroxylation sites is 2. The van der Waals surface area contributed by atoms with Crippen LogP contribution in [0.25, 0.3) is 11.8 Å². The van der Waals surface area contributed by atoms with E-state index < -0.39 is 29.1 Å². The Hall–Kier alpha value is -5.25. The molecular formula is C25H18N4O6. The van der Waals surface area contributed by atoms with E-state index in [-0.39, 0.29) is 16.8 Å². The fourth-order valence-corrected chi connectivity index (χ4v) is 3.36. The highest BCUT2D eigenvalue weighted by atomic mass is 16.4. The number of hydrazone groups is 1. The number of anilines is 1. The van der Waals surface area contributed by atoms with Gasteiger partial charge in [-0.05, 0) is 36.4 Å². The number of aromatic nitrogens is 2. The number of aromatic carboxylic acids is 1. The molecule has 1 aromatic heterocycles. The number of H-pyrrole nitrogens is 1. The van der Waals surface area contributed by atoms with Crippen molar-refractivity contribution in [1.82, 2.24) is 9.78 Å². The summed E-state index contributed by atoms with van der Waals surface area (Å²) < 4.78 is 1.12. The van der Waals surface area contributed by atoms with E-state index in [1.54, 1.807) is 60.7 Å². The number of carboxylic acids is 2. The number of amides is 1. The second-order valence-electron chi connectivity index (χ2n) is 7.21. The van der Waals surface area contributed by atoms with Crippen LogP contribution in [0, 0.1) is 0 Å². The third-order valence-electron chi connectivity index (χ3n) is 4.98. The lowest BCUT2D eigenvalue weighted by Crippen LogP contribution is -2.22. The molecule has 0 bridgehead atoms. The lowest BCUT2D eigenvalue weighted by molar-refractivity contribution is -0.129. The SMILES string of the molecule is O=C(O)C1=NN(c2ccccc2)C(=O)\C1=C/C=C/C=C/c1c(C(=O)O)[nH]n(-c2ccccc2)c1=O. The van der Waals surface area contributed by atoms with Crippen LogP contribution in [-0.4, -0.2) is 43.6 Å². The molecule has 0 aliphatic carbocycles. The van der Waals surface area contributed by atoms with E-state index in [4.69, 9.17) is 0 Å². The van der Waals surface area contributed by atoms with Crippen molar-refractivity contribution in [3.63, 3.8) is 0 Å². The average molecular weight is 470 g/mol. The number of carbonyl (C=O) groups excluding carboxylic acids is 1. The molecule has 1 aliphatic rings. The Morgan fingerprint density at radius 2 is 1.46 bits per heavy atom. The number of carbonyl (C=O) groups is 3. The number of rotatable bonds is 7. The van der Waals surface area contributed by atoms with Crippen molar-refractivity contribution < 1.29 is 24.6 Å². The molecule has 3 aromatic rings. The Morgan fingerprint density at radius 3 is 2.06 bits per heavy atom. The fourth-order valence-electron chi connectivity index (χ4n) is 3.36. The number of aliphatic carboxylic acids is 1. The van der Waals surface area contributed by atoms with E-state index in [1.807, 2.05) is 0 Å². The Kier molecular flexibility index (Phi) is 6.36. The molecule has 2 heterocycles. The Labute approximate surface area is 198 Å². The normalized spacial score (nSPS) is 14.9. The second kappa shape index (κ2) is 9.71. The van der Waals surface area contributed by atoms with Crippen LogP contribution in [0.15, 0.2) is 100 Å². The van der Waals surface area contributed by atoms with Gasteiger partial charge in [0.15, 0.2) is 11.4 Å². The average Bonchev–Trinajstić information content (AvgIpc) is 3.37. The molecule has 1 aliphatic heterocycles. The maximum absolute atomic E-state index is 12.7. The molecule has 1 amide bonds. The Bertz CT molecular complexity index is 1480. The summed E-state index contributed by atoms with van der Waals surface area (Å²) >= 11 is 0. The van der Waals surface area contributed by atoms with Crippen molar-refractivity contribution in [3.8, 4) is 5.69 Å². The van der Waals surface area contributed by atoms with Gasteiger partial charge in [-0.1, -0.05) is 54.6 Å². The van der Waals surface area contributed by atoms with Crippen molar-refractivity contribution in [1.29, 1.82) is 0 Å². The number of nitrogens with one attached hydrogen (secondary N) is 1. The Balaban J connectivity index is 1.59. The zero-order chi connectivity index (χ0) is 24.9. The first-order valence-corrected chi connectivity index (χ1v) is 10.3. The van der Waals surface area contributed by atoms with E-state index in [9.17, 15) is 29.4 Å². The molecule has 2 aromatic carbocycles. The highest BCUT2D eigenvalue weighted by Gasteiger charge is 2.34. The van der Waals surface area contributed by atoms with E-state index in [2.05, 4.69) is 10.2 Å². The van der Waals surface area contributed by atoms with Gasteiger partial charge in [0.25, 0.3) is 11.5 Å². The first-order chi connectivity index (χ1) is 16.9. The van der Waals surface area contributed by atoms with Gasteiger partial charge in [0.2, 0.25) is 0 Å². The standard InChI is InChI=1S/C25H18N4O6/c30-22-18(20(24(32)33)26-28(22)16-10-4-1-5-11-16)14-8-3-9-15-19-21(25(34)35)27-29(23(19)31)17-12-6-2-7-13-17/h1-15,26H,(H,32,33)(H,34,35)/b9-3+,14-8+,19-15-. The highest BCUT2D eigenvalue weighted by Crippen LogP contribution is 2.23. The number of allylic oxidation sites excluding steroid dienone is 4. The van der Waals surface area contributed by atoms with Gasteiger partial charge >= 0.3 is 11.9 Å². The van der Waals surface area contributed by atoms with E-state index in [1.165, 1.54) is 30.4 Å². The number of carboxylic acid groups (broad SMARTS) is 2. The summed E-state index contributed by atoms with van der Waals surface area (Å²) in [7, 11) is 0. The van der Waals surface area contributed by atoms with Gasteiger partial charge in [-0.3, -0.25) is 14.7 Å². The Morgan fingerprint density at radius 1 is 0.829 bits per heavy atom. The smallest absolute Gasteiger partial charge is 0.357 e. The number of nitrogens with zero attached hydrogens (tertiary/aromatic N) is 3. The minimum atomic E-state index is -1.35. The summed E-state index contributed by atoms with van der Waals surface area (Å²) in [6.07, 6.45) is 6.86. The van der Waals surface area contributed by atoms with Crippen LogP contribution >= 0.6 is 0 Å². The topological polar surface area (TPSA) is 145 Å². The number of hydrogen-bond donors (Lipinski definition) is 3. The fraction of sp³-hybridized carbons (Fsp3) is 0. The predicted molar refractivity (Wildman–Crippen MR) is 129 cm³/mol. The van der Waals surface area contributed by atoms with Crippen molar-refractivity contribution in [2.45, 2.75) is 0 Å². The maximum atomic E-state index is 12.7. The quantitative estimate of drug-likeness (QED) is 0.358. The van der Waals surface area contributed by atoms with Gasteiger partial charge in [-0.25, -0.2) is 14.3 Å². The summed E-state index contributed by atoms with van der Waals surface area (Å²) in [6.45, 7) is 0. The van der Waals surface area contributed by atoms with Crippen LogP contribution in [-0.2, 0) is 9.59 Å². The van der Waals surface area contributed by atoms with E-state index >= 15 is 0 Å². The third kappa shape index (κ3) is 4.62. The highest BCUT2D eigenvalue weighted by molar-refractivity contribution is 6.52. The zero-order valence-electron chi connectivity index (χ0n) is 18.0. The molecule has 0 unspecified atom stereocenters. The summed E-state index contributed by atoms with van der Waals surface area (Å²) in [5.41, 5.74) is -0.538. The van der Waals surface area contributed by atoms with Crippen LogP contribution in [0.2, 0.25) is 0 Å². The van der Waals surface area contributed by atoms with Crippen LogP contribution in [0.5, 0.6) is 0 Å². The minimum Gasteiger partial charge on any atom is -0.477 e. The summed E-state index contributed by atoms with van der Waals surface area (Å²) in [6, 6.07) is 16.9.